The summed E-state index contributed by atoms with van der Waals surface area (Å²) in [6.45, 7) is 3.57. The Bertz CT molecular complexity index is 528. The average Bonchev–Trinajstić information content (AvgIpc) is 2.69. The fourth-order valence-electron chi connectivity index (χ4n) is 2.23. The van der Waals surface area contributed by atoms with Crippen LogP contribution in [-0.4, -0.2) is 49.4 Å². The molecule has 1 aromatic rings. The molecule has 1 aliphatic heterocycles. The molecule has 4 N–H and O–H groups in total. The zero-order valence-electron chi connectivity index (χ0n) is 11.7. The van der Waals surface area contributed by atoms with Crippen molar-refractivity contribution in [2.45, 2.75) is 6.42 Å². The zero-order valence-corrected chi connectivity index (χ0v) is 11.7. The fraction of sp³-hybridized carbons (Fsp3) is 0.429. The van der Waals surface area contributed by atoms with Crippen LogP contribution in [0.3, 0.4) is 0 Å². The minimum absolute atomic E-state index is 0.0238. The van der Waals surface area contributed by atoms with Gasteiger partial charge < -0.3 is 16.4 Å². The lowest BCUT2D eigenvalue weighted by atomic mass is 10.2. The van der Waals surface area contributed by atoms with Crippen molar-refractivity contribution < 1.29 is 14.0 Å². The van der Waals surface area contributed by atoms with Gasteiger partial charge in [0.15, 0.2) is 0 Å². The standard InChI is InChI=1S/C14H19FN4O2/c15-11-3-2-10(14(16)21)8-12(11)18-13(20)9-19-6-1-4-17-5-7-19/h2-3,8,17H,1,4-7,9H2,(H2,16,21)(H,18,20). The molecule has 6 nitrogen and oxygen atoms in total. The maximum absolute atomic E-state index is 13.6. The highest BCUT2D eigenvalue weighted by molar-refractivity contribution is 5.96. The number of nitrogens with one attached hydrogen (secondary N) is 2. The molecule has 2 amide bonds. The number of amides is 2. The van der Waals surface area contributed by atoms with E-state index in [2.05, 4.69) is 10.6 Å². The molecule has 0 aliphatic carbocycles. The number of hydrogen-bond acceptors (Lipinski definition) is 4. The molecule has 7 heteroatoms. The number of anilines is 1. The molecule has 0 unspecified atom stereocenters. The van der Waals surface area contributed by atoms with Crippen molar-refractivity contribution in [2.75, 3.05) is 38.0 Å². The molecule has 1 aliphatic rings. The molecule has 0 atom stereocenters. The van der Waals surface area contributed by atoms with E-state index in [4.69, 9.17) is 5.73 Å². The van der Waals surface area contributed by atoms with Crippen LogP contribution in [0.5, 0.6) is 0 Å². The molecule has 0 bridgehead atoms. The van der Waals surface area contributed by atoms with Gasteiger partial charge in [0.05, 0.1) is 12.2 Å². The highest BCUT2D eigenvalue weighted by Crippen LogP contribution is 2.16. The predicted octanol–water partition coefficient (Wildman–Crippen LogP) is 0.158. The molecule has 1 aromatic carbocycles. The van der Waals surface area contributed by atoms with E-state index in [1.807, 2.05) is 4.90 Å². The first-order valence-corrected chi connectivity index (χ1v) is 6.88. The second kappa shape index (κ2) is 7.14. The molecule has 0 spiro atoms. The van der Waals surface area contributed by atoms with Crippen LogP contribution in [0.25, 0.3) is 0 Å². The van der Waals surface area contributed by atoms with Gasteiger partial charge in [-0.2, -0.15) is 0 Å². The van der Waals surface area contributed by atoms with Crippen LogP contribution in [0.2, 0.25) is 0 Å². The van der Waals surface area contributed by atoms with Crippen molar-refractivity contribution in [3.05, 3.63) is 29.6 Å². The topological polar surface area (TPSA) is 87.5 Å². The SMILES string of the molecule is NC(=O)c1ccc(F)c(NC(=O)CN2CCCNCC2)c1. The van der Waals surface area contributed by atoms with Gasteiger partial charge in [-0.1, -0.05) is 0 Å². The van der Waals surface area contributed by atoms with Gasteiger partial charge in [-0.3, -0.25) is 14.5 Å². The lowest BCUT2D eigenvalue weighted by Crippen LogP contribution is -2.35. The fourth-order valence-corrected chi connectivity index (χ4v) is 2.23. The van der Waals surface area contributed by atoms with Crippen LogP contribution in [0.1, 0.15) is 16.8 Å². The molecular weight excluding hydrogens is 275 g/mol. The zero-order chi connectivity index (χ0) is 15.2. The summed E-state index contributed by atoms with van der Waals surface area (Å²) in [6, 6.07) is 3.65. The lowest BCUT2D eigenvalue weighted by Gasteiger charge is -2.18. The summed E-state index contributed by atoms with van der Waals surface area (Å²) >= 11 is 0. The Hall–Kier alpha value is -1.99. The van der Waals surface area contributed by atoms with E-state index in [0.717, 1.165) is 38.7 Å². The Balaban J connectivity index is 1.98. The number of primary amides is 1. The first-order valence-electron chi connectivity index (χ1n) is 6.88. The molecule has 1 saturated heterocycles. The first-order chi connectivity index (χ1) is 10.1. The molecule has 0 saturated carbocycles. The molecule has 1 heterocycles. The Labute approximate surface area is 122 Å². The first kappa shape index (κ1) is 15.4. The van der Waals surface area contributed by atoms with Gasteiger partial charge in [0, 0.05) is 18.7 Å². The summed E-state index contributed by atoms with van der Waals surface area (Å²) in [6.07, 6.45) is 0.971. The van der Waals surface area contributed by atoms with Crippen LogP contribution in [0.4, 0.5) is 10.1 Å². The summed E-state index contributed by atoms with van der Waals surface area (Å²) in [5, 5.41) is 5.73. The van der Waals surface area contributed by atoms with E-state index >= 15 is 0 Å². The molecule has 2 rings (SSSR count). The number of rotatable bonds is 4. The average molecular weight is 294 g/mol. The predicted molar refractivity (Wildman–Crippen MR) is 77.5 cm³/mol. The van der Waals surface area contributed by atoms with Crippen molar-refractivity contribution >= 4 is 17.5 Å². The summed E-state index contributed by atoms with van der Waals surface area (Å²) in [4.78, 5) is 25.1. The molecule has 21 heavy (non-hydrogen) atoms. The second-order valence-corrected chi connectivity index (χ2v) is 4.99. The second-order valence-electron chi connectivity index (χ2n) is 4.99. The maximum atomic E-state index is 13.6. The molecule has 1 fully saturated rings. The van der Waals surface area contributed by atoms with E-state index in [0.29, 0.717) is 0 Å². The largest absolute Gasteiger partial charge is 0.366 e. The van der Waals surface area contributed by atoms with Crippen molar-refractivity contribution in [2.24, 2.45) is 5.73 Å². The Kier molecular flexibility index (Phi) is 5.24. The smallest absolute Gasteiger partial charge is 0.248 e. The van der Waals surface area contributed by atoms with Crippen LogP contribution in [0.15, 0.2) is 18.2 Å². The summed E-state index contributed by atoms with van der Waals surface area (Å²) in [5.74, 6) is -1.56. The minimum atomic E-state index is -0.663. The van der Waals surface area contributed by atoms with Gasteiger partial charge in [0.25, 0.3) is 0 Å². The number of nitrogens with two attached hydrogens (primary N) is 1. The quantitative estimate of drug-likeness (QED) is 0.738. The molecule has 114 valence electrons. The summed E-state index contributed by atoms with van der Waals surface area (Å²) in [5.41, 5.74) is 5.28. The monoisotopic (exact) mass is 294 g/mol. The normalized spacial score (nSPS) is 16.2. The number of carbonyl (C=O) groups is 2. The number of halogens is 1. The van der Waals surface area contributed by atoms with Gasteiger partial charge >= 0.3 is 0 Å². The summed E-state index contributed by atoms with van der Waals surface area (Å²) < 4.78 is 13.6. The van der Waals surface area contributed by atoms with Gasteiger partial charge in [-0.15, -0.1) is 0 Å². The van der Waals surface area contributed by atoms with E-state index in [1.54, 1.807) is 0 Å². The van der Waals surface area contributed by atoms with E-state index in [-0.39, 0.29) is 23.7 Å². The minimum Gasteiger partial charge on any atom is -0.366 e. The Morgan fingerprint density at radius 2 is 2.14 bits per heavy atom. The number of nitrogens with zero attached hydrogens (tertiary/aromatic N) is 1. The molecule has 0 aromatic heterocycles. The maximum Gasteiger partial charge on any atom is 0.248 e. The van der Waals surface area contributed by atoms with E-state index < -0.39 is 11.7 Å². The van der Waals surface area contributed by atoms with Gasteiger partial charge in [0.1, 0.15) is 5.82 Å². The van der Waals surface area contributed by atoms with Crippen molar-refractivity contribution in [1.29, 1.82) is 0 Å². The number of carbonyl (C=O) groups excluding carboxylic acids is 2. The van der Waals surface area contributed by atoms with Crippen molar-refractivity contribution in [1.82, 2.24) is 10.2 Å². The number of benzene rings is 1. The Morgan fingerprint density at radius 3 is 2.90 bits per heavy atom. The molecular formula is C14H19FN4O2. The highest BCUT2D eigenvalue weighted by Gasteiger charge is 2.15. The molecule has 0 radical (unpaired) electrons. The van der Waals surface area contributed by atoms with Crippen LogP contribution < -0.4 is 16.4 Å². The third-order valence-electron chi connectivity index (χ3n) is 3.32. The van der Waals surface area contributed by atoms with E-state index in [9.17, 15) is 14.0 Å². The van der Waals surface area contributed by atoms with Gasteiger partial charge in [0.2, 0.25) is 11.8 Å². The lowest BCUT2D eigenvalue weighted by molar-refractivity contribution is -0.117. The summed E-state index contributed by atoms with van der Waals surface area (Å²) in [7, 11) is 0. The van der Waals surface area contributed by atoms with Crippen molar-refractivity contribution in [3.8, 4) is 0 Å². The van der Waals surface area contributed by atoms with Crippen molar-refractivity contribution in [3.63, 3.8) is 0 Å². The van der Waals surface area contributed by atoms with E-state index in [1.165, 1.54) is 12.1 Å². The van der Waals surface area contributed by atoms with Gasteiger partial charge in [-0.25, -0.2) is 4.39 Å². The van der Waals surface area contributed by atoms with Crippen LogP contribution in [-0.2, 0) is 4.79 Å². The highest BCUT2D eigenvalue weighted by atomic mass is 19.1. The number of hydrogen-bond donors (Lipinski definition) is 3. The third-order valence-corrected chi connectivity index (χ3v) is 3.32. The van der Waals surface area contributed by atoms with Crippen LogP contribution in [0, 0.1) is 5.82 Å². The van der Waals surface area contributed by atoms with Crippen LogP contribution >= 0.6 is 0 Å². The van der Waals surface area contributed by atoms with Gasteiger partial charge in [-0.05, 0) is 37.7 Å². The third kappa shape index (κ3) is 4.51. The Morgan fingerprint density at radius 1 is 1.33 bits per heavy atom.